The number of nitrogens with zero attached hydrogens (tertiary/aromatic N) is 4. The molecule has 1 aromatic carbocycles. The van der Waals surface area contributed by atoms with Crippen LogP contribution in [0.4, 0.5) is 0 Å². The number of aryl methyl sites for hydroxylation is 1. The molecule has 27 heavy (non-hydrogen) atoms. The van der Waals surface area contributed by atoms with Crippen molar-refractivity contribution in [1.82, 2.24) is 25.1 Å². The second-order valence-electron chi connectivity index (χ2n) is 5.68. The molecule has 2 aromatic heterocycles. The molecule has 0 fully saturated rings. The molecule has 0 saturated carbocycles. The zero-order chi connectivity index (χ0) is 19.4. The summed E-state index contributed by atoms with van der Waals surface area (Å²) < 4.78 is 12.8. The van der Waals surface area contributed by atoms with Gasteiger partial charge >= 0.3 is 0 Å². The van der Waals surface area contributed by atoms with E-state index in [1.165, 1.54) is 0 Å². The number of nitrogens with one attached hydrogen (secondary N) is 1. The molecule has 8 heteroatoms. The van der Waals surface area contributed by atoms with Gasteiger partial charge in [-0.05, 0) is 38.1 Å². The summed E-state index contributed by atoms with van der Waals surface area (Å²) in [6.07, 6.45) is 0. The lowest BCUT2D eigenvalue weighted by Gasteiger charge is -2.16. The van der Waals surface area contributed by atoms with Crippen molar-refractivity contribution in [3.8, 4) is 28.7 Å². The van der Waals surface area contributed by atoms with Crippen molar-refractivity contribution in [3.05, 3.63) is 47.9 Å². The number of ether oxygens (including phenoxy) is 2. The van der Waals surface area contributed by atoms with Gasteiger partial charge in [0.05, 0.1) is 14.2 Å². The zero-order valence-electron chi connectivity index (χ0n) is 15.7. The number of amides is 1. The van der Waals surface area contributed by atoms with Crippen molar-refractivity contribution in [2.24, 2.45) is 0 Å². The van der Waals surface area contributed by atoms with Gasteiger partial charge in [0, 0.05) is 6.54 Å². The standard InChI is InChI=1S/C19H21N5O3/c1-5-20-19(25)14-9-6-8-13(21-14)18-23-22-12(2)24(18)17-15(26-3)10-7-11-16(17)27-4/h6-11H,5H2,1-4H3,(H,20,25). The highest BCUT2D eigenvalue weighted by molar-refractivity contribution is 5.92. The van der Waals surface area contributed by atoms with Gasteiger partial charge in [-0.1, -0.05) is 12.1 Å². The minimum Gasteiger partial charge on any atom is -0.494 e. The Morgan fingerprint density at radius 2 is 1.74 bits per heavy atom. The van der Waals surface area contributed by atoms with E-state index in [-0.39, 0.29) is 5.91 Å². The number of para-hydroxylation sites is 1. The number of rotatable bonds is 6. The van der Waals surface area contributed by atoms with Crippen LogP contribution in [0.2, 0.25) is 0 Å². The summed E-state index contributed by atoms with van der Waals surface area (Å²) in [6, 6.07) is 10.7. The summed E-state index contributed by atoms with van der Waals surface area (Å²) in [6.45, 7) is 4.21. The lowest BCUT2D eigenvalue weighted by atomic mass is 10.2. The Bertz CT molecular complexity index is 945. The normalized spacial score (nSPS) is 10.5. The Balaban J connectivity index is 2.18. The van der Waals surface area contributed by atoms with Crippen LogP contribution >= 0.6 is 0 Å². The molecule has 8 nitrogen and oxygen atoms in total. The maximum absolute atomic E-state index is 12.1. The third kappa shape index (κ3) is 3.46. The van der Waals surface area contributed by atoms with Crippen LogP contribution in [-0.4, -0.2) is 46.4 Å². The summed E-state index contributed by atoms with van der Waals surface area (Å²) in [5.41, 5.74) is 1.51. The topological polar surface area (TPSA) is 91.2 Å². The van der Waals surface area contributed by atoms with E-state index in [0.29, 0.717) is 46.8 Å². The SMILES string of the molecule is CCNC(=O)c1cccc(-c2nnc(C)n2-c2c(OC)cccc2OC)n1. The molecule has 0 unspecified atom stereocenters. The Labute approximate surface area is 157 Å². The van der Waals surface area contributed by atoms with Crippen molar-refractivity contribution in [2.75, 3.05) is 20.8 Å². The minimum atomic E-state index is -0.239. The molecule has 0 aliphatic rings. The summed E-state index contributed by atoms with van der Waals surface area (Å²) >= 11 is 0. The van der Waals surface area contributed by atoms with Crippen LogP contribution in [-0.2, 0) is 0 Å². The first-order valence-electron chi connectivity index (χ1n) is 8.49. The first kappa shape index (κ1) is 18.4. The second-order valence-corrected chi connectivity index (χ2v) is 5.68. The average Bonchev–Trinajstić information content (AvgIpc) is 3.08. The van der Waals surface area contributed by atoms with Crippen LogP contribution in [0.3, 0.4) is 0 Å². The summed E-state index contributed by atoms with van der Waals surface area (Å²) in [5, 5.41) is 11.2. The number of hydrogen-bond acceptors (Lipinski definition) is 6. The lowest BCUT2D eigenvalue weighted by Crippen LogP contribution is -2.23. The van der Waals surface area contributed by atoms with Crippen LogP contribution in [0.1, 0.15) is 23.2 Å². The van der Waals surface area contributed by atoms with E-state index in [2.05, 4.69) is 20.5 Å². The third-order valence-corrected chi connectivity index (χ3v) is 4.00. The number of carbonyl (C=O) groups excluding carboxylic acids is 1. The van der Waals surface area contributed by atoms with Crippen molar-refractivity contribution in [3.63, 3.8) is 0 Å². The summed E-state index contributed by atoms with van der Waals surface area (Å²) in [4.78, 5) is 16.6. The predicted molar refractivity (Wildman–Crippen MR) is 100 cm³/mol. The molecule has 0 aliphatic heterocycles. The van der Waals surface area contributed by atoms with Crippen LogP contribution in [0.5, 0.6) is 11.5 Å². The third-order valence-electron chi connectivity index (χ3n) is 4.00. The maximum atomic E-state index is 12.1. The average molecular weight is 367 g/mol. The van der Waals surface area contributed by atoms with E-state index in [1.807, 2.05) is 36.6 Å². The largest absolute Gasteiger partial charge is 0.494 e. The molecule has 3 aromatic rings. The highest BCUT2D eigenvalue weighted by Gasteiger charge is 2.21. The Hall–Kier alpha value is -3.42. The molecular weight excluding hydrogens is 346 g/mol. The fourth-order valence-corrected chi connectivity index (χ4v) is 2.78. The van der Waals surface area contributed by atoms with Crippen LogP contribution in [0.25, 0.3) is 17.2 Å². The number of hydrogen-bond donors (Lipinski definition) is 1. The van der Waals surface area contributed by atoms with Gasteiger partial charge in [-0.2, -0.15) is 0 Å². The number of benzene rings is 1. The second kappa shape index (κ2) is 7.86. The predicted octanol–water partition coefficient (Wildman–Crippen LogP) is 2.40. The molecule has 0 spiro atoms. The van der Waals surface area contributed by atoms with E-state index in [4.69, 9.17) is 9.47 Å². The van der Waals surface area contributed by atoms with Gasteiger partial charge in [0.15, 0.2) is 5.82 Å². The smallest absolute Gasteiger partial charge is 0.269 e. The molecule has 2 heterocycles. The van der Waals surface area contributed by atoms with Crippen molar-refractivity contribution in [2.45, 2.75) is 13.8 Å². The van der Waals surface area contributed by atoms with Gasteiger partial charge in [-0.25, -0.2) is 4.98 Å². The first-order valence-corrected chi connectivity index (χ1v) is 8.49. The molecule has 0 bridgehead atoms. The fourth-order valence-electron chi connectivity index (χ4n) is 2.78. The van der Waals surface area contributed by atoms with Gasteiger partial charge < -0.3 is 14.8 Å². The molecule has 3 rings (SSSR count). The number of methoxy groups -OCH3 is 2. The molecule has 1 N–H and O–H groups in total. The maximum Gasteiger partial charge on any atom is 0.269 e. The Morgan fingerprint density at radius 1 is 1.07 bits per heavy atom. The molecule has 0 atom stereocenters. The molecule has 140 valence electrons. The zero-order valence-corrected chi connectivity index (χ0v) is 15.7. The van der Waals surface area contributed by atoms with E-state index in [9.17, 15) is 4.79 Å². The van der Waals surface area contributed by atoms with Gasteiger partial charge in [0.25, 0.3) is 5.91 Å². The monoisotopic (exact) mass is 367 g/mol. The number of aromatic nitrogens is 4. The summed E-state index contributed by atoms with van der Waals surface area (Å²) in [7, 11) is 3.18. The quantitative estimate of drug-likeness (QED) is 0.719. The number of pyridine rings is 1. The van der Waals surface area contributed by atoms with E-state index >= 15 is 0 Å². The molecule has 0 saturated heterocycles. The van der Waals surface area contributed by atoms with E-state index in [1.54, 1.807) is 32.4 Å². The number of carbonyl (C=O) groups is 1. The fraction of sp³-hybridized carbons (Fsp3) is 0.263. The van der Waals surface area contributed by atoms with Gasteiger partial charge in [-0.3, -0.25) is 9.36 Å². The van der Waals surface area contributed by atoms with Crippen molar-refractivity contribution >= 4 is 5.91 Å². The van der Waals surface area contributed by atoms with E-state index in [0.717, 1.165) is 0 Å². The van der Waals surface area contributed by atoms with Gasteiger partial charge in [0.2, 0.25) is 0 Å². The van der Waals surface area contributed by atoms with Crippen LogP contribution in [0, 0.1) is 6.92 Å². The molecule has 1 amide bonds. The highest BCUT2D eigenvalue weighted by atomic mass is 16.5. The first-order chi connectivity index (χ1) is 13.1. The molecule has 0 radical (unpaired) electrons. The van der Waals surface area contributed by atoms with Gasteiger partial charge in [-0.15, -0.1) is 10.2 Å². The van der Waals surface area contributed by atoms with Crippen LogP contribution < -0.4 is 14.8 Å². The molecule has 0 aliphatic carbocycles. The molecular formula is C19H21N5O3. The highest BCUT2D eigenvalue weighted by Crippen LogP contribution is 2.35. The minimum absolute atomic E-state index is 0.239. The summed E-state index contributed by atoms with van der Waals surface area (Å²) in [5.74, 6) is 2.10. The van der Waals surface area contributed by atoms with E-state index < -0.39 is 0 Å². The van der Waals surface area contributed by atoms with Crippen molar-refractivity contribution in [1.29, 1.82) is 0 Å². The Kier molecular flexibility index (Phi) is 5.35. The van der Waals surface area contributed by atoms with Crippen molar-refractivity contribution < 1.29 is 14.3 Å². The Morgan fingerprint density at radius 3 is 2.37 bits per heavy atom. The van der Waals surface area contributed by atoms with Gasteiger partial charge in [0.1, 0.15) is 34.4 Å². The lowest BCUT2D eigenvalue weighted by molar-refractivity contribution is 0.0951. The van der Waals surface area contributed by atoms with Crippen LogP contribution in [0.15, 0.2) is 36.4 Å².